The highest BCUT2D eigenvalue weighted by Gasteiger charge is 2.57. The number of fused-ring (bicyclic) bond motifs is 2. The topological polar surface area (TPSA) is 178 Å². The van der Waals surface area contributed by atoms with E-state index >= 15 is 4.79 Å². The number of nitriles is 1. The number of rotatable bonds is 23. The van der Waals surface area contributed by atoms with Crippen LogP contribution in [0.1, 0.15) is 92.4 Å². The van der Waals surface area contributed by atoms with Crippen LogP contribution >= 0.6 is 8.53 Å². The minimum Gasteiger partial charge on any atom is -0.497 e. The van der Waals surface area contributed by atoms with Gasteiger partial charge in [0, 0.05) is 17.6 Å². The zero-order valence-electron chi connectivity index (χ0n) is 43.8. The predicted octanol–water partition coefficient (Wildman–Crippen LogP) is 11.9. The van der Waals surface area contributed by atoms with Gasteiger partial charge in [0.05, 0.1) is 45.7 Å². The summed E-state index contributed by atoms with van der Waals surface area (Å²) in [5, 5.41) is 11.9. The van der Waals surface area contributed by atoms with Gasteiger partial charge in [0.25, 0.3) is 8.53 Å². The number of imidazole rings is 1. The number of hydrogen-bond donors (Lipinski definition) is 1. The smallest absolute Gasteiger partial charge is 0.259 e. The second kappa shape index (κ2) is 24.3. The predicted molar refractivity (Wildman–Crippen MR) is 294 cm³/mol. The van der Waals surface area contributed by atoms with Crippen LogP contribution in [0, 0.1) is 11.3 Å². The van der Waals surface area contributed by atoms with Crippen LogP contribution in [0.2, 0.25) is 0 Å². The molecule has 1 aliphatic rings. The second-order valence-corrected chi connectivity index (χ2v) is 20.4. The molecular formula is C60H64N7O8P. The zero-order valence-corrected chi connectivity index (χ0v) is 44.7. The van der Waals surface area contributed by atoms with Crippen molar-refractivity contribution in [3.05, 3.63) is 192 Å². The maximum absolute atomic E-state index is 16.2. The Bertz CT molecular complexity index is 3170. The molecular weight excluding hydrogens is 978 g/mol. The van der Waals surface area contributed by atoms with E-state index in [0.717, 1.165) is 21.9 Å². The molecule has 392 valence electrons. The molecule has 0 bridgehead atoms. The Morgan fingerprint density at radius 1 is 0.776 bits per heavy atom. The lowest BCUT2D eigenvalue weighted by atomic mass is 9.79. The summed E-state index contributed by atoms with van der Waals surface area (Å²) < 4.78 is 52.8. The minimum absolute atomic E-state index is 0.0796. The van der Waals surface area contributed by atoms with Crippen molar-refractivity contribution in [3.63, 3.8) is 0 Å². The van der Waals surface area contributed by atoms with Crippen molar-refractivity contribution in [2.75, 3.05) is 26.6 Å². The molecule has 1 aliphatic heterocycles. The van der Waals surface area contributed by atoms with Crippen LogP contribution in [0.5, 0.6) is 11.5 Å². The third kappa shape index (κ3) is 10.9. The molecule has 0 amide bonds. The Kier molecular flexibility index (Phi) is 17.1. The third-order valence-electron chi connectivity index (χ3n) is 13.7. The van der Waals surface area contributed by atoms with Crippen molar-refractivity contribution in [1.82, 2.24) is 24.2 Å². The number of methoxy groups -OCH3 is 2. The maximum atomic E-state index is 16.2. The number of carbonyl (C=O) groups is 1. The van der Waals surface area contributed by atoms with Crippen molar-refractivity contribution in [2.45, 2.75) is 102 Å². The van der Waals surface area contributed by atoms with Gasteiger partial charge in [0.2, 0.25) is 0 Å². The van der Waals surface area contributed by atoms with E-state index in [2.05, 4.69) is 74.6 Å². The van der Waals surface area contributed by atoms with E-state index in [0.29, 0.717) is 45.8 Å². The van der Waals surface area contributed by atoms with Crippen molar-refractivity contribution >= 4 is 42.1 Å². The average molecular weight is 1040 g/mol. The zero-order chi connectivity index (χ0) is 53.3. The first-order valence-corrected chi connectivity index (χ1v) is 26.7. The number of ether oxygens (including phenoxy) is 5. The van der Waals surface area contributed by atoms with E-state index in [9.17, 15) is 5.26 Å². The summed E-state index contributed by atoms with van der Waals surface area (Å²) in [7, 11) is 1.21. The SMILES string of the molecule is CCC(O[C@@H]1[C@H](OP(OCCC#N)N(C(C)C)C(C)C)[C@@H](C(OC(c2ccccc2)(c2ccc(OC)cc2)c2ccc(OC)cc2)C(=O)c2ccccc2)O[C@H]1n1cnc2c(N)ncnc21)c1cccc2ccccc12. The highest BCUT2D eigenvalue weighted by molar-refractivity contribution is 7.44. The summed E-state index contributed by atoms with van der Waals surface area (Å²) in [6, 6.07) is 50.6. The number of nitrogens with zero attached hydrogens (tertiary/aromatic N) is 6. The lowest BCUT2D eigenvalue weighted by Gasteiger charge is -2.42. The molecule has 2 N–H and O–H groups in total. The summed E-state index contributed by atoms with van der Waals surface area (Å²) in [6.45, 7) is 10.4. The molecule has 3 heterocycles. The van der Waals surface area contributed by atoms with Gasteiger partial charge in [0.15, 0.2) is 29.6 Å². The summed E-state index contributed by atoms with van der Waals surface area (Å²) >= 11 is 0. The van der Waals surface area contributed by atoms with E-state index in [1.165, 1.54) is 6.33 Å². The van der Waals surface area contributed by atoms with Gasteiger partial charge < -0.3 is 38.5 Å². The number of benzene rings is 6. The Morgan fingerprint density at radius 2 is 1.38 bits per heavy atom. The Balaban J connectivity index is 1.33. The van der Waals surface area contributed by atoms with Crippen molar-refractivity contribution in [2.24, 2.45) is 0 Å². The molecule has 15 nitrogen and oxygen atoms in total. The number of ketones is 1. The maximum Gasteiger partial charge on any atom is 0.259 e. The van der Waals surface area contributed by atoms with E-state index in [-0.39, 0.29) is 36.7 Å². The van der Waals surface area contributed by atoms with Gasteiger partial charge >= 0.3 is 0 Å². The van der Waals surface area contributed by atoms with Crippen molar-refractivity contribution < 1.29 is 37.5 Å². The van der Waals surface area contributed by atoms with Gasteiger partial charge in [-0.15, -0.1) is 0 Å². The minimum atomic E-state index is -2.02. The number of nitrogens with two attached hydrogens (primary N) is 1. The molecule has 7 atom stereocenters. The normalized spacial score (nSPS) is 18.0. The van der Waals surface area contributed by atoms with Gasteiger partial charge in [0.1, 0.15) is 47.3 Å². The first-order chi connectivity index (χ1) is 37.0. The molecule has 0 radical (unpaired) electrons. The first-order valence-electron chi connectivity index (χ1n) is 25.6. The standard InChI is InChI=1S/C60H64N7O8P/c1-8-50(49-26-17-22-41-19-15-16-25-48(41)49)72-56-55(75-76(71-36-18-35-61)67(39(2)3)40(4)5)54(73-59(56)66-38-65-51-57(62)63-37-64-58(51)66)53(52(68)42-20-11-9-12-21-42)74-60(43-23-13-10-14-24-43,44-27-31-46(69-6)32-28-44)45-29-33-47(70-7)34-30-45/h9-17,19-34,37-40,50,53-56,59H,8,18,36H2,1-7H3,(H2,62,63,64)/t50?,53?,54-,55-,56-,59-,76?/m1/s1. The molecule has 9 rings (SSSR count). The second-order valence-electron chi connectivity index (χ2n) is 19.0. The summed E-state index contributed by atoms with van der Waals surface area (Å²) in [5.41, 5.74) is 9.13. The van der Waals surface area contributed by atoms with Crippen LogP contribution in [0.15, 0.2) is 164 Å². The lowest BCUT2D eigenvalue weighted by molar-refractivity contribution is -0.127. The van der Waals surface area contributed by atoms with Crippen LogP contribution in [0.4, 0.5) is 5.82 Å². The third-order valence-corrected chi connectivity index (χ3v) is 15.8. The number of nitrogen functional groups attached to an aromatic ring is 1. The largest absolute Gasteiger partial charge is 0.497 e. The van der Waals surface area contributed by atoms with E-state index in [4.69, 9.17) is 48.4 Å². The molecule has 6 aromatic carbocycles. The molecule has 16 heteroatoms. The number of hydrogen-bond acceptors (Lipinski definition) is 14. The van der Waals surface area contributed by atoms with Crippen LogP contribution < -0.4 is 15.2 Å². The average Bonchev–Trinajstić information content (AvgIpc) is 4.06. The fourth-order valence-corrected chi connectivity index (χ4v) is 12.0. The van der Waals surface area contributed by atoms with Crippen molar-refractivity contribution in [1.29, 1.82) is 5.26 Å². The van der Waals surface area contributed by atoms with Crippen molar-refractivity contribution in [3.8, 4) is 17.6 Å². The number of anilines is 1. The van der Waals surface area contributed by atoms with E-state index in [1.807, 2.05) is 115 Å². The summed E-state index contributed by atoms with van der Waals surface area (Å²) in [6.07, 6.45) is -2.89. The first kappa shape index (κ1) is 53.7. The van der Waals surface area contributed by atoms with Crippen LogP contribution in [0.3, 0.4) is 0 Å². The highest BCUT2D eigenvalue weighted by Crippen LogP contribution is 2.54. The Morgan fingerprint density at radius 3 is 2.00 bits per heavy atom. The molecule has 1 fully saturated rings. The van der Waals surface area contributed by atoms with Gasteiger partial charge in [-0.1, -0.05) is 134 Å². The van der Waals surface area contributed by atoms with Gasteiger partial charge in [-0.25, -0.2) is 19.6 Å². The number of aromatic nitrogens is 4. The quantitative estimate of drug-likeness (QED) is 0.0277. The lowest BCUT2D eigenvalue weighted by Crippen LogP contribution is -2.51. The fraction of sp³-hybridized carbons (Fsp3) is 0.317. The Hall–Kier alpha value is -7.12. The molecule has 0 saturated carbocycles. The molecule has 0 spiro atoms. The van der Waals surface area contributed by atoms with Gasteiger partial charge in [-0.2, -0.15) is 5.26 Å². The van der Waals surface area contributed by atoms with E-state index < -0.39 is 50.9 Å². The van der Waals surface area contributed by atoms with Crippen LogP contribution in [-0.4, -0.2) is 87.3 Å². The summed E-state index contributed by atoms with van der Waals surface area (Å²) in [4.78, 5) is 29.9. The molecule has 1 saturated heterocycles. The number of Topliss-reactive ketones (excluding diaryl/α,β-unsaturated/α-hetero) is 1. The fourth-order valence-electron chi connectivity index (χ4n) is 10.2. The Labute approximate surface area is 445 Å². The highest BCUT2D eigenvalue weighted by atomic mass is 31.2. The van der Waals surface area contributed by atoms with E-state index in [1.54, 1.807) is 37.2 Å². The monoisotopic (exact) mass is 1040 g/mol. The molecule has 0 aliphatic carbocycles. The van der Waals surface area contributed by atoms with Crippen LogP contribution in [0.25, 0.3) is 21.9 Å². The molecule has 3 unspecified atom stereocenters. The van der Waals surface area contributed by atoms with Gasteiger partial charge in [-0.3, -0.25) is 9.36 Å². The molecule has 2 aromatic heterocycles. The van der Waals surface area contributed by atoms with Gasteiger partial charge in [-0.05, 0) is 91.4 Å². The molecule has 8 aromatic rings. The summed E-state index contributed by atoms with van der Waals surface area (Å²) in [5.74, 6) is 1.05. The van der Waals surface area contributed by atoms with Crippen LogP contribution in [-0.2, 0) is 28.9 Å². The molecule has 76 heavy (non-hydrogen) atoms. The number of carbonyl (C=O) groups excluding carboxylic acids is 1.